The number of rotatable bonds is 6. The van der Waals surface area contributed by atoms with E-state index < -0.39 is 11.9 Å². The Balaban J connectivity index is 0.000000280. The quantitative estimate of drug-likeness (QED) is 0.251. The summed E-state index contributed by atoms with van der Waals surface area (Å²) in [4.78, 5) is 54.0. The van der Waals surface area contributed by atoms with Gasteiger partial charge in [0.2, 0.25) is 0 Å². The SMILES string of the molecule is C.COC(=O)c1ccc([C@H](C)N)cc1.O=C1COc2ccc(CNC(=O)c3cc(C(=O)O)n4ncnc4n3)cc2N1. The van der Waals surface area contributed by atoms with Gasteiger partial charge in [-0.3, -0.25) is 9.59 Å². The molecule has 2 aromatic heterocycles. The van der Waals surface area contributed by atoms with Crippen molar-refractivity contribution in [3.8, 4) is 5.75 Å². The highest BCUT2D eigenvalue weighted by Gasteiger charge is 2.19. The molecule has 5 rings (SSSR count). The minimum atomic E-state index is -1.26. The van der Waals surface area contributed by atoms with Crippen molar-refractivity contribution in [1.29, 1.82) is 0 Å². The summed E-state index contributed by atoms with van der Waals surface area (Å²) in [6.07, 6.45) is 1.15. The minimum Gasteiger partial charge on any atom is -0.482 e. The molecule has 3 heterocycles. The van der Waals surface area contributed by atoms with Crippen LogP contribution in [0.5, 0.6) is 5.75 Å². The third-order valence-corrected chi connectivity index (χ3v) is 5.69. The van der Waals surface area contributed by atoms with Crippen molar-refractivity contribution in [3.63, 3.8) is 0 Å². The second-order valence-electron chi connectivity index (χ2n) is 8.56. The Labute approximate surface area is 234 Å². The fraction of sp³-hybridized carbons (Fsp3) is 0.222. The summed E-state index contributed by atoms with van der Waals surface area (Å²) in [7, 11) is 1.36. The zero-order valence-corrected chi connectivity index (χ0v) is 21.5. The molecule has 0 saturated heterocycles. The fourth-order valence-corrected chi connectivity index (χ4v) is 3.63. The van der Waals surface area contributed by atoms with Crippen LogP contribution in [0.3, 0.4) is 0 Å². The summed E-state index contributed by atoms with van der Waals surface area (Å²) in [6.45, 7) is 2.00. The first-order valence-corrected chi connectivity index (χ1v) is 11.9. The lowest BCUT2D eigenvalue weighted by Crippen LogP contribution is -2.27. The van der Waals surface area contributed by atoms with E-state index in [1.165, 1.54) is 7.11 Å². The maximum absolute atomic E-state index is 12.4. The average molecular weight is 564 g/mol. The predicted octanol–water partition coefficient (Wildman–Crippen LogP) is 2.21. The molecule has 2 aromatic carbocycles. The van der Waals surface area contributed by atoms with Gasteiger partial charge in [-0.25, -0.2) is 14.6 Å². The molecule has 1 atom stereocenters. The van der Waals surface area contributed by atoms with Gasteiger partial charge < -0.3 is 30.9 Å². The lowest BCUT2D eigenvalue weighted by atomic mass is 10.1. The first-order valence-electron chi connectivity index (χ1n) is 11.9. The van der Waals surface area contributed by atoms with E-state index in [4.69, 9.17) is 10.5 Å². The third-order valence-electron chi connectivity index (χ3n) is 5.69. The monoisotopic (exact) mass is 563 g/mol. The third kappa shape index (κ3) is 7.19. The average Bonchev–Trinajstić information content (AvgIpc) is 3.44. The highest BCUT2D eigenvalue weighted by molar-refractivity contribution is 5.96. The molecule has 4 aromatic rings. The number of aromatic carboxylic acids is 1. The molecule has 14 heteroatoms. The number of nitrogens with one attached hydrogen (secondary N) is 2. The number of amides is 2. The number of hydrogen-bond donors (Lipinski definition) is 4. The van der Waals surface area contributed by atoms with Crippen LogP contribution in [0, 0.1) is 0 Å². The van der Waals surface area contributed by atoms with Gasteiger partial charge in [0.15, 0.2) is 12.3 Å². The van der Waals surface area contributed by atoms with Gasteiger partial charge in [0.05, 0.1) is 18.4 Å². The zero-order chi connectivity index (χ0) is 28.8. The number of nitrogens with two attached hydrogens (primary N) is 1. The zero-order valence-electron chi connectivity index (χ0n) is 21.5. The van der Waals surface area contributed by atoms with Crippen LogP contribution < -0.4 is 21.1 Å². The lowest BCUT2D eigenvalue weighted by Gasteiger charge is -2.18. The van der Waals surface area contributed by atoms with Crippen LogP contribution in [0.4, 0.5) is 5.69 Å². The molecule has 1 aliphatic heterocycles. The largest absolute Gasteiger partial charge is 0.482 e. The summed E-state index contributed by atoms with van der Waals surface area (Å²) in [5.41, 5.74) is 8.13. The predicted molar refractivity (Wildman–Crippen MR) is 147 cm³/mol. The van der Waals surface area contributed by atoms with Crippen molar-refractivity contribution >= 4 is 35.2 Å². The lowest BCUT2D eigenvalue weighted by molar-refractivity contribution is -0.118. The van der Waals surface area contributed by atoms with Gasteiger partial charge in [0, 0.05) is 18.7 Å². The van der Waals surface area contributed by atoms with Crippen LogP contribution in [0.15, 0.2) is 54.9 Å². The summed E-state index contributed by atoms with van der Waals surface area (Å²) in [5, 5.41) is 18.4. The highest BCUT2D eigenvalue weighted by atomic mass is 16.5. The van der Waals surface area contributed by atoms with Gasteiger partial charge in [0.25, 0.3) is 17.6 Å². The van der Waals surface area contributed by atoms with Crippen LogP contribution in [0.25, 0.3) is 5.78 Å². The molecule has 41 heavy (non-hydrogen) atoms. The van der Waals surface area contributed by atoms with E-state index in [9.17, 15) is 24.3 Å². The fourth-order valence-electron chi connectivity index (χ4n) is 3.63. The summed E-state index contributed by atoms with van der Waals surface area (Å²) in [6, 6.07) is 13.3. The van der Waals surface area contributed by atoms with E-state index in [1.807, 2.05) is 19.1 Å². The topological polar surface area (TPSA) is 200 Å². The summed E-state index contributed by atoms with van der Waals surface area (Å²) < 4.78 is 10.9. The number of fused-ring (bicyclic) bond motifs is 2. The van der Waals surface area contributed by atoms with Crippen molar-refractivity contribution in [2.75, 3.05) is 19.0 Å². The molecule has 0 radical (unpaired) electrons. The standard InChI is InChI=1S/C16H12N6O5.C10H13NO2.CH4/c23-13-6-27-12-2-1-8(3-9(12)20-13)5-17-14(24)10-4-11(15(25)26)22-16(21-10)18-7-19-22;1-7(11)8-3-5-9(6-4-8)10(12)13-2;/h1-4,7H,5-6H2,(H,17,24)(H,20,23)(H,25,26);3-7H,11H2,1-2H3;1H4/t;7-;/m.0./s1. The Kier molecular flexibility index (Phi) is 9.66. The summed E-state index contributed by atoms with van der Waals surface area (Å²) in [5.74, 6) is -1.84. The molecular formula is C27H29N7O7. The van der Waals surface area contributed by atoms with Crippen molar-refractivity contribution in [2.24, 2.45) is 5.73 Å². The number of carboxylic acids is 1. The number of ether oxygens (including phenoxy) is 2. The van der Waals surface area contributed by atoms with Gasteiger partial charge in [-0.15, -0.1) is 0 Å². The van der Waals surface area contributed by atoms with Gasteiger partial charge in [-0.05, 0) is 42.3 Å². The molecule has 0 unspecified atom stereocenters. The number of benzene rings is 2. The van der Waals surface area contributed by atoms with E-state index >= 15 is 0 Å². The normalized spacial score (nSPS) is 12.3. The van der Waals surface area contributed by atoms with E-state index in [0.29, 0.717) is 17.0 Å². The summed E-state index contributed by atoms with van der Waals surface area (Å²) >= 11 is 0. The van der Waals surface area contributed by atoms with Crippen LogP contribution in [0.1, 0.15) is 62.9 Å². The van der Waals surface area contributed by atoms with Crippen LogP contribution in [-0.4, -0.2) is 62.2 Å². The van der Waals surface area contributed by atoms with Gasteiger partial charge in [-0.2, -0.15) is 14.6 Å². The first kappa shape index (κ1) is 30.2. The molecule has 0 aliphatic carbocycles. The Morgan fingerprint density at radius 3 is 2.59 bits per heavy atom. The van der Waals surface area contributed by atoms with Crippen LogP contribution >= 0.6 is 0 Å². The number of carbonyl (C=O) groups excluding carboxylic acids is 3. The highest BCUT2D eigenvalue weighted by Crippen LogP contribution is 2.28. The van der Waals surface area contributed by atoms with Crippen molar-refractivity contribution in [1.82, 2.24) is 24.9 Å². The van der Waals surface area contributed by atoms with Gasteiger partial charge in [-0.1, -0.05) is 25.6 Å². The number of carbonyl (C=O) groups is 4. The number of methoxy groups -OCH3 is 1. The Morgan fingerprint density at radius 1 is 1.20 bits per heavy atom. The minimum absolute atomic E-state index is 0. The van der Waals surface area contributed by atoms with Crippen LogP contribution in [0.2, 0.25) is 0 Å². The first-order chi connectivity index (χ1) is 19.2. The molecule has 5 N–H and O–H groups in total. The maximum Gasteiger partial charge on any atom is 0.354 e. The molecule has 214 valence electrons. The number of aromatic nitrogens is 4. The van der Waals surface area contributed by atoms with E-state index in [2.05, 4.69) is 30.4 Å². The smallest absolute Gasteiger partial charge is 0.354 e. The number of esters is 1. The van der Waals surface area contributed by atoms with Gasteiger partial charge >= 0.3 is 11.9 Å². The molecule has 1 aliphatic rings. The molecule has 0 fully saturated rings. The van der Waals surface area contributed by atoms with E-state index in [-0.39, 0.29) is 55.7 Å². The van der Waals surface area contributed by atoms with Crippen molar-refractivity contribution < 1.29 is 33.8 Å². The molecular weight excluding hydrogens is 534 g/mol. The van der Waals surface area contributed by atoms with E-state index in [1.54, 1.807) is 30.3 Å². The van der Waals surface area contributed by atoms with Gasteiger partial charge in [0.1, 0.15) is 17.8 Å². The molecule has 14 nitrogen and oxygen atoms in total. The van der Waals surface area contributed by atoms with Crippen molar-refractivity contribution in [3.05, 3.63) is 82.9 Å². The number of carboxylic acid groups (broad SMARTS) is 1. The Bertz CT molecular complexity index is 1580. The second-order valence-corrected chi connectivity index (χ2v) is 8.56. The number of anilines is 1. The molecule has 0 spiro atoms. The van der Waals surface area contributed by atoms with Crippen LogP contribution in [-0.2, 0) is 16.1 Å². The van der Waals surface area contributed by atoms with Crippen molar-refractivity contribution in [2.45, 2.75) is 26.9 Å². The maximum atomic E-state index is 12.4. The Hall–Kier alpha value is -5.37. The number of hydrogen-bond acceptors (Lipinski definition) is 10. The molecule has 0 saturated carbocycles. The molecule has 0 bridgehead atoms. The Morgan fingerprint density at radius 2 is 1.93 bits per heavy atom. The number of nitrogens with zero attached hydrogens (tertiary/aromatic N) is 4. The second kappa shape index (κ2) is 13.1. The van der Waals surface area contributed by atoms with E-state index in [0.717, 1.165) is 28.0 Å². The molecule has 2 amide bonds.